The van der Waals surface area contributed by atoms with Crippen LogP contribution in [0.3, 0.4) is 0 Å². The molecular weight excluding hydrogens is 238 g/mol. The standard InChI is InChI=1S/C15H27N3O/c1-12(2)18(3)10-6-5-9-17-15-8-7-13(19-4)11-14(15)16/h7-8,11-12,17H,5-6,9-10,16H2,1-4H3. The van der Waals surface area contributed by atoms with E-state index < -0.39 is 0 Å². The Labute approximate surface area is 116 Å². The molecule has 1 aromatic carbocycles. The van der Waals surface area contributed by atoms with E-state index in [1.165, 1.54) is 6.42 Å². The molecule has 0 saturated carbocycles. The second-order valence-electron chi connectivity index (χ2n) is 5.16. The Hall–Kier alpha value is -1.42. The van der Waals surface area contributed by atoms with Crippen molar-refractivity contribution in [2.45, 2.75) is 32.7 Å². The molecule has 0 aliphatic heterocycles. The number of hydrogen-bond donors (Lipinski definition) is 2. The molecule has 1 rings (SSSR count). The summed E-state index contributed by atoms with van der Waals surface area (Å²) in [5.41, 5.74) is 7.67. The average molecular weight is 265 g/mol. The molecule has 4 nitrogen and oxygen atoms in total. The molecule has 0 heterocycles. The summed E-state index contributed by atoms with van der Waals surface area (Å²) in [6.45, 7) is 6.52. The second-order valence-corrected chi connectivity index (χ2v) is 5.16. The van der Waals surface area contributed by atoms with Gasteiger partial charge in [-0.05, 0) is 52.4 Å². The van der Waals surface area contributed by atoms with Gasteiger partial charge in [0, 0.05) is 18.7 Å². The molecule has 4 heteroatoms. The largest absolute Gasteiger partial charge is 0.497 e. The molecule has 0 amide bonds. The number of nitrogens with two attached hydrogens (primary N) is 1. The van der Waals surface area contributed by atoms with Gasteiger partial charge in [0.05, 0.1) is 18.5 Å². The summed E-state index contributed by atoms with van der Waals surface area (Å²) < 4.78 is 5.13. The van der Waals surface area contributed by atoms with Crippen LogP contribution >= 0.6 is 0 Å². The first-order chi connectivity index (χ1) is 9.04. The van der Waals surface area contributed by atoms with Gasteiger partial charge < -0.3 is 20.7 Å². The van der Waals surface area contributed by atoms with Gasteiger partial charge in [-0.1, -0.05) is 0 Å². The lowest BCUT2D eigenvalue weighted by atomic mass is 10.2. The molecule has 0 aromatic heterocycles. The first-order valence-electron chi connectivity index (χ1n) is 6.92. The van der Waals surface area contributed by atoms with Crippen molar-refractivity contribution in [1.29, 1.82) is 0 Å². The van der Waals surface area contributed by atoms with E-state index in [9.17, 15) is 0 Å². The van der Waals surface area contributed by atoms with E-state index in [1.54, 1.807) is 7.11 Å². The molecule has 0 atom stereocenters. The molecule has 0 radical (unpaired) electrons. The maximum absolute atomic E-state index is 5.95. The third-order valence-corrected chi connectivity index (χ3v) is 3.39. The number of nitrogens with one attached hydrogen (secondary N) is 1. The molecule has 0 aliphatic carbocycles. The van der Waals surface area contributed by atoms with Gasteiger partial charge in [0.1, 0.15) is 5.75 Å². The minimum absolute atomic E-state index is 0.616. The molecule has 1 aromatic rings. The Kier molecular flexibility index (Phi) is 6.50. The van der Waals surface area contributed by atoms with Crippen LogP contribution in [0.15, 0.2) is 18.2 Å². The Morgan fingerprint density at radius 1 is 1.32 bits per heavy atom. The SMILES string of the molecule is COc1ccc(NCCCCN(C)C(C)C)c(N)c1. The van der Waals surface area contributed by atoms with Crippen molar-refractivity contribution >= 4 is 11.4 Å². The van der Waals surface area contributed by atoms with E-state index in [4.69, 9.17) is 10.5 Å². The van der Waals surface area contributed by atoms with Crippen molar-refractivity contribution in [3.05, 3.63) is 18.2 Å². The maximum atomic E-state index is 5.95. The van der Waals surface area contributed by atoms with E-state index in [1.807, 2.05) is 18.2 Å². The highest BCUT2D eigenvalue weighted by Gasteiger charge is 2.03. The highest BCUT2D eigenvalue weighted by molar-refractivity contribution is 5.68. The molecule has 0 spiro atoms. The summed E-state index contributed by atoms with van der Waals surface area (Å²) >= 11 is 0. The summed E-state index contributed by atoms with van der Waals surface area (Å²) in [7, 11) is 3.81. The summed E-state index contributed by atoms with van der Waals surface area (Å²) in [6, 6.07) is 6.35. The fraction of sp³-hybridized carbons (Fsp3) is 0.600. The zero-order chi connectivity index (χ0) is 14.3. The third kappa shape index (κ3) is 5.39. The zero-order valence-electron chi connectivity index (χ0n) is 12.6. The van der Waals surface area contributed by atoms with Crippen LogP contribution in [0, 0.1) is 0 Å². The van der Waals surface area contributed by atoms with E-state index in [-0.39, 0.29) is 0 Å². The van der Waals surface area contributed by atoms with Crippen molar-refractivity contribution in [2.75, 3.05) is 38.3 Å². The van der Waals surface area contributed by atoms with E-state index >= 15 is 0 Å². The van der Waals surface area contributed by atoms with Gasteiger partial charge in [-0.15, -0.1) is 0 Å². The predicted molar refractivity (Wildman–Crippen MR) is 82.9 cm³/mol. The Bertz CT molecular complexity index is 380. The van der Waals surface area contributed by atoms with Gasteiger partial charge in [-0.3, -0.25) is 0 Å². The van der Waals surface area contributed by atoms with Gasteiger partial charge in [0.15, 0.2) is 0 Å². The Morgan fingerprint density at radius 2 is 2.05 bits per heavy atom. The van der Waals surface area contributed by atoms with E-state index in [0.29, 0.717) is 6.04 Å². The van der Waals surface area contributed by atoms with E-state index in [0.717, 1.165) is 36.6 Å². The molecule has 0 fully saturated rings. The van der Waals surface area contributed by atoms with Crippen LogP contribution in [0.2, 0.25) is 0 Å². The Morgan fingerprint density at radius 3 is 2.63 bits per heavy atom. The number of benzene rings is 1. The van der Waals surface area contributed by atoms with Crippen LogP contribution in [0.4, 0.5) is 11.4 Å². The van der Waals surface area contributed by atoms with Crippen molar-refractivity contribution in [1.82, 2.24) is 4.90 Å². The van der Waals surface area contributed by atoms with Crippen molar-refractivity contribution in [3.63, 3.8) is 0 Å². The quantitative estimate of drug-likeness (QED) is 0.560. The lowest BCUT2D eigenvalue weighted by molar-refractivity contribution is 0.269. The van der Waals surface area contributed by atoms with Gasteiger partial charge in [-0.25, -0.2) is 0 Å². The number of methoxy groups -OCH3 is 1. The minimum Gasteiger partial charge on any atom is -0.497 e. The topological polar surface area (TPSA) is 50.5 Å². The van der Waals surface area contributed by atoms with Crippen LogP contribution in [-0.4, -0.2) is 38.2 Å². The van der Waals surface area contributed by atoms with Crippen LogP contribution in [0.1, 0.15) is 26.7 Å². The number of anilines is 2. The number of ether oxygens (including phenoxy) is 1. The highest BCUT2D eigenvalue weighted by atomic mass is 16.5. The fourth-order valence-electron chi connectivity index (χ4n) is 1.80. The summed E-state index contributed by atoms with van der Waals surface area (Å²) in [5, 5.41) is 3.37. The second kappa shape index (κ2) is 7.89. The zero-order valence-corrected chi connectivity index (χ0v) is 12.6. The summed E-state index contributed by atoms with van der Waals surface area (Å²) in [6.07, 6.45) is 2.33. The van der Waals surface area contributed by atoms with Crippen molar-refractivity contribution in [3.8, 4) is 5.75 Å². The lowest BCUT2D eigenvalue weighted by Crippen LogP contribution is -2.27. The average Bonchev–Trinajstić information content (AvgIpc) is 2.39. The number of rotatable bonds is 8. The molecule has 0 saturated heterocycles. The Balaban J connectivity index is 2.26. The van der Waals surface area contributed by atoms with Crippen molar-refractivity contribution in [2.24, 2.45) is 0 Å². The number of hydrogen-bond acceptors (Lipinski definition) is 4. The highest BCUT2D eigenvalue weighted by Crippen LogP contribution is 2.23. The van der Waals surface area contributed by atoms with Crippen LogP contribution < -0.4 is 15.8 Å². The van der Waals surface area contributed by atoms with Gasteiger partial charge >= 0.3 is 0 Å². The summed E-state index contributed by atoms with van der Waals surface area (Å²) in [5.74, 6) is 0.793. The fourth-order valence-corrected chi connectivity index (χ4v) is 1.80. The third-order valence-electron chi connectivity index (χ3n) is 3.39. The lowest BCUT2D eigenvalue weighted by Gasteiger charge is -2.20. The predicted octanol–water partition coefficient (Wildman–Crippen LogP) is 2.81. The first-order valence-corrected chi connectivity index (χ1v) is 6.92. The molecule has 19 heavy (non-hydrogen) atoms. The van der Waals surface area contributed by atoms with Crippen LogP contribution in [0.5, 0.6) is 5.75 Å². The van der Waals surface area contributed by atoms with Crippen LogP contribution in [-0.2, 0) is 0 Å². The molecule has 0 aliphatic rings. The normalized spacial score (nSPS) is 11.1. The maximum Gasteiger partial charge on any atom is 0.121 e. The summed E-state index contributed by atoms with van der Waals surface area (Å²) in [4.78, 5) is 2.36. The molecule has 0 unspecified atom stereocenters. The van der Waals surface area contributed by atoms with Gasteiger partial charge in [-0.2, -0.15) is 0 Å². The minimum atomic E-state index is 0.616. The van der Waals surface area contributed by atoms with Gasteiger partial charge in [0.25, 0.3) is 0 Å². The smallest absolute Gasteiger partial charge is 0.121 e. The molecule has 3 N–H and O–H groups in total. The number of nitrogens with zero attached hydrogens (tertiary/aromatic N) is 1. The van der Waals surface area contributed by atoms with E-state index in [2.05, 4.69) is 31.1 Å². The number of unbranched alkanes of at least 4 members (excludes halogenated alkanes) is 1. The number of nitrogen functional groups attached to an aromatic ring is 1. The molecule has 108 valence electrons. The van der Waals surface area contributed by atoms with Crippen LogP contribution in [0.25, 0.3) is 0 Å². The van der Waals surface area contributed by atoms with Crippen molar-refractivity contribution < 1.29 is 4.74 Å². The van der Waals surface area contributed by atoms with Gasteiger partial charge in [0.2, 0.25) is 0 Å². The first kappa shape index (κ1) is 15.6. The monoisotopic (exact) mass is 265 g/mol. The molecular formula is C15H27N3O. The molecule has 0 bridgehead atoms.